The van der Waals surface area contributed by atoms with Crippen LogP contribution >= 0.6 is 0 Å². The summed E-state index contributed by atoms with van der Waals surface area (Å²) >= 11 is 0. The molecule has 27 heavy (non-hydrogen) atoms. The van der Waals surface area contributed by atoms with Crippen LogP contribution in [-0.2, 0) is 19.6 Å². The highest BCUT2D eigenvalue weighted by Gasteiger charge is 2.07. The van der Waals surface area contributed by atoms with E-state index in [1.807, 2.05) is 29.1 Å². The van der Waals surface area contributed by atoms with E-state index < -0.39 is 0 Å². The van der Waals surface area contributed by atoms with Crippen LogP contribution in [0.1, 0.15) is 16.7 Å². The molecule has 0 fully saturated rings. The number of tetrazole rings is 1. The number of aromatic nitrogens is 6. The fraction of sp³-hybridized carbons (Fsp3) is 0.200. The highest BCUT2D eigenvalue weighted by atomic mass is 15.5. The van der Waals surface area contributed by atoms with Crippen molar-refractivity contribution in [1.82, 2.24) is 35.3 Å². The lowest BCUT2D eigenvalue weighted by molar-refractivity contribution is 0.319. The smallest absolute Gasteiger partial charge is 0.204 e. The van der Waals surface area contributed by atoms with E-state index in [1.54, 1.807) is 6.20 Å². The maximum atomic E-state index is 4.28. The zero-order chi connectivity index (χ0) is 18.5. The maximum absolute atomic E-state index is 4.28. The first-order valence-electron chi connectivity index (χ1n) is 8.83. The van der Waals surface area contributed by atoms with E-state index >= 15 is 0 Å². The van der Waals surface area contributed by atoms with Crippen LogP contribution in [0.2, 0.25) is 0 Å². The van der Waals surface area contributed by atoms with Gasteiger partial charge in [0, 0.05) is 31.0 Å². The quantitative estimate of drug-likeness (QED) is 0.549. The van der Waals surface area contributed by atoms with Gasteiger partial charge < -0.3 is 0 Å². The minimum atomic E-state index is 0.617. The van der Waals surface area contributed by atoms with Crippen LogP contribution in [-0.4, -0.2) is 42.4 Å². The Labute approximate surface area is 157 Å². The molecule has 0 aliphatic carbocycles. The van der Waals surface area contributed by atoms with Gasteiger partial charge in [0.2, 0.25) is 5.82 Å². The van der Waals surface area contributed by atoms with Crippen molar-refractivity contribution in [2.45, 2.75) is 19.6 Å². The first-order chi connectivity index (χ1) is 13.3. The number of benzene rings is 2. The molecule has 2 aromatic heterocycles. The van der Waals surface area contributed by atoms with E-state index in [1.165, 1.54) is 16.7 Å². The van der Waals surface area contributed by atoms with Crippen LogP contribution in [0.4, 0.5) is 0 Å². The van der Waals surface area contributed by atoms with Gasteiger partial charge in [-0.3, -0.25) is 9.58 Å². The molecule has 0 saturated carbocycles. The van der Waals surface area contributed by atoms with E-state index in [0.29, 0.717) is 5.82 Å². The molecule has 2 heterocycles. The standard InChI is InChI=1S/C20H21N7/c1-26(14-18-7-3-8-19(12-18)20-22-24-25-23-20)13-16-5-2-6-17(11-16)15-27-10-4-9-21-27/h2-12H,13-15H2,1H3,(H,22,23,24,25). The van der Waals surface area contributed by atoms with Crippen molar-refractivity contribution in [3.05, 3.63) is 83.7 Å². The van der Waals surface area contributed by atoms with Crippen LogP contribution in [0, 0.1) is 0 Å². The van der Waals surface area contributed by atoms with Gasteiger partial charge in [-0.25, -0.2) is 0 Å². The van der Waals surface area contributed by atoms with Gasteiger partial charge in [0.15, 0.2) is 0 Å². The molecule has 7 heteroatoms. The van der Waals surface area contributed by atoms with Crippen molar-refractivity contribution in [2.24, 2.45) is 0 Å². The third-order valence-corrected chi connectivity index (χ3v) is 4.33. The van der Waals surface area contributed by atoms with Crippen molar-refractivity contribution in [3.63, 3.8) is 0 Å². The molecule has 1 N–H and O–H groups in total. The van der Waals surface area contributed by atoms with Crippen LogP contribution < -0.4 is 0 Å². The van der Waals surface area contributed by atoms with Crippen molar-refractivity contribution >= 4 is 0 Å². The van der Waals surface area contributed by atoms with Crippen molar-refractivity contribution in [1.29, 1.82) is 0 Å². The Balaban J connectivity index is 1.41. The average molecular weight is 359 g/mol. The van der Waals surface area contributed by atoms with Crippen LogP contribution in [0.15, 0.2) is 67.0 Å². The van der Waals surface area contributed by atoms with Gasteiger partial charge in [0.1, 0.15) is 0 Å². The Morgan fingerprint density at radius 3 is 2.48 bits per heavy atom. The van der Waals surface area contributed by atoms with Gasteiger partial charge in [-0.2, -0.15) is 10.3 Å². The molecule has 0 saturated heterocycles. The first kappa shape index (κ1) is 17.1. The van der Waals surface area contributed by atoms with Gasteiger partial charge in [0.25, 0.3) is 0 Å². The van der Waals surface area contributed by atoms with Gasteiger partial charge in [-0.05, 0) is 41.1 Å². The molecular weight excluding hydrogens is 338 g/mol. The Kier molecular flexibility index (Phi) is 5.02. The molecule has 136 valence electrons. The van der Waals surface area contributed by atoms with E-state index in [4.69, 9.17) is 0 Å². The molecule has 2 aromatic carbocycles. The predicted molar refractivity (Wildman–Crippen MR) is 103 cm³/mol. The summed E-state index contributed by atoms with van der Waals surface area (Å²) in [7, 11) is 2.13. The zero-order valence-corrected chi connectivity index (χ0v) is 15.2. The van der Waals surface area contributed by atoms with E-state index in [-0.39, 0.29) is 0 Å². The number of hydrogen-bond acceptors (Lipinski definition) is 5. The SMILES string of the molecule is CN(Cc1cccc(Cn2cccn2)c1)Cc1cccc(-c2nn[nH]n2)c1. The number of H-pyrrole nitrogens is 1. The summed E-state index contributed by atoms with van der Waals surface area (Å²) in [5.41, 5.74) is 4.73. The minimum Gasteiger partial charge on any atom is -0.298 e. The summed E-state index contributed by atoms with van der Waals surface area (Å²) in [6, 6.07) is 18.8. The Hall–Kier alpha value is -3.32. The molecule has 7 nitrogen and oxygen atoms in total. The molecule has 4 rings (SSSR count). The summed E-state index contributed by atoms with van der Waals surface area (Å²) in [6.07, 6.45) is 3.79. The second-order valence-electron chi connectivity index (χ2n) is 6.63. The number of hydrogen-bond donors (Lipinski definition) is 1. The molecule has 4 aromatic rings. The third kappa shape index (κ3) is 4.45. The monoisotopic (exact) mass is 359 g/mol. The molecule has 0 amide bonds. The number of nitrogens with zero attached hydrogens (tertiary/aromatic N) is 6. The summed E-state index contributed by atoms with van der Waals surface area (Å²) in [4.78, 5) is 2.29. The highest BCUT2D eigenvalue weighted by molar-refractivity contribution is 5.54. The van der Waals surface area contributed by atoms with Crippen LogP contribution in [0.3, 0.4) is 0 Å². The van der Waals surface area contributed by atoms with Gasteiger partial charge in [0.05, 0.1) is 6.54 Å². The number of aromatic amines is 1. The molecule has 0 unspecified atom stereocenters. The molecule has 0 spiro atoms. The van der Waals surface area contributed by atoms with E-state index in [9.17, 15) is 0 Å². The minimum absolute atomic E-state index is 0.617. The molecule has 0 aliphatic rings. The molecule has 0 bridgehead atoms. The van der Waals surface area contributed by atoms with Crippen molar-refractivity contribution < 1.29 is 0 Å². The Bertz CT molecular complexity index is 977. The van der Waals surface area contributed by atoms with Gasteiger partial charge >= 0.3 is 0 Å². The van der Waals surface area contributed by atoms with Gasteiger partial charge in [-0.15, -0.1) is 10.2 Å². The lowest BCUT2D eigenvalue weighted by Crippen LogP contribution is -2.17. The normalized spacial score (nSPS) is 11.2. The topological polar surface area (TPSA) is 75.5 Å². The van der Waals surface area contributed by atoms with E-state index in [2.05, 4.69) is 74.1 Å². The van der Waals surface area contributed by atoms with Gasteiger partial charge in [-0.1, -0.05) is 42.5 Å². The Morgan fingerprint density at radius 1 is 0.963 bits per heavy atom. The summed E-state index contributed by atoms with van der Waals surface area (Å²) in [5, 5.41) is 18.5. The fourth-order valence-electron chi connectivity index (χ4n) is 3.18. The zero-order valence-electron chi connectivity index (χ0n) is 15.2. The fourth-order valence-corrected chi connectivity index (χ4v) is 3.18. The first-order valence-corrected chi connectivity index (χ1v) is 8.83. The summed E-state index contributed by atoms with van der Waals surface area (Å²) in [6.45, 7) is 2.51. The second kappa shape index (κ2) is 7.92. The largest absolute Gasteiger partial charge is 0.298 e. The molecular formula is C20H21N7. The molecule has 0 radical (unpaired) electrons. The average Bonchev–Trinajstić information content (AvgIpc) is 3.36. The third-order valence-electron chi connectivity index (χ3n) is 4.33. The Morgan fingerprint density at radius 2 is 1.74 bits per heavy atom. The molecule has 0 atom stereocenters. The predicted octanol–water partition coefficient (Wildman–Crippen LogP) is 2.74. The van der Waals surface area contributed by atoms with Crippen molar-refractivity contribution in [3.8, 4) is 11.4 Å². The van der Waals surface area contributed by atoms with Crippen LogP contribution in [0.25, 0.3) is 11.4 Å². The van der Waals surface area contributed by atoms with E-state index in [0.717, 1.165) is 25.2 Å². The summed E-state index contributed by atoms with van der Waals surface area (Å²) in [5.74, 6) is 0.617. The lowest BCUT2D eigenvalue weighted by Gasteiger charge is -2.17. The summed E-state index contributed by atoms with van der Waals surface area (Å²) < 4.78 is 1.94. The lowest BCUT2D eigenvalue weighted by atomic mass is 10.1. The van der Waals surface area contributed by atoms with Crippen LogP contribution in [0.5, 0.6) is 0 Å². The number of nitrogens with one attached hydrogen (secondary N) is 1. The molecule has 0 aliphatic heterocycles. The number of rotatable bonds is 7. The van der Waals surface area contributed by atoms with Crippen molar-refractivity contribution in [2.75, 3.05) is 7.05 Å². The maximum Gasteiger partial charge on any atom is 0.204 e. The highest BCUT2D eigenvalue weighted by Crippen LogP contribution is 2.17. The second-order valence-corrected chi connectivity index (χ2v) is 6.63.